The lowest BCUT2D eigenvalue weighted by Crippen LogP contribution is -2.47. The van der Waals surface area contributed by atoms with Gasteiger partial charge in [-0.25, -0.2) is 18.4 Å². The van der Waals surface area contributed by atoms with E-state index in [1.54, 1.807) is 66.7 Å². The molecule has 1 fully saturated rings. The van der Waals surface area contributed by atoms with Gasteiger partial charge < -0.3 is 10.4 Å². The quantitative estimate of drug-likeness (QED) is 0.293. The molecule has 4 aromatic rings. The van der Waals surface area contributed by atoms with Gasteiger partial charge in [-0.05, 0) is 65.9 Å². The summed E-state index contributed by atoms with van der Waals surface area (Å²) in [5, 5.41) is 25.8. The summed E-state index contributed by atoms with van der Waals surface area (Å²) in [5.74, 6) is 0.396. The van der Waals surface area contributed by atoms with Crippen LogP contribution >= 0.6 is 11.6 Å². The number of fused-ring (bicyclic) bond motifs is 1. The minimum atomic E-state index is -5.39. The monoisotopic (exact) mass is 601 g/mol. The lowest BCUT2D eigenvalue weighted by molar-refractivity contribution is -0.0494. The van der Waals surface area contributed by atoms with Gasteiger partial charge in [0.1, 0.15) is 17.7 Å². The van der Waals surface area contributed by atoms with E-state index in [4.69, 9.17) is 11.6 Å². The zero-order chi connectivity index (χ0) is 29.4. The number of alkyl halides is 3. The van der Waals surface area contributed by atoms with E-state index in [1.807, 2.05) is 0 Å². The van der Waals surface area contributed by atoms with E-state index in [0.717, 1.165) is 0 Å². The maximum Gasteiger partial charge on any atom is 0.511 e. The maximum absolute atomic E-state index is 13.0. The van der Waals surface area contributed by atoms with E-state index in [9.17, 15) is 32.0 Å². The van der Waals surface area contributed by atoms with Crippen molar-refractivity contribution in [1.82, 2.24) is 14.3 Å². The van der Waals surface area contributed by atoms with E-state index < -0.39 is 21.1 Å². The number of sulfonamides is 1. The first kappa shape index (κ1) is 28.8. The summed E-state index contributed by atoms with van der Waals surface area (Å²) in [6.07, 6.45) is 1.63. The number of aromatic nitrogens is 2. The van der Waals surface area contributed by atoms with Crippen molar-refractivity contribution in [1.29, 1.82) is 5.26 Å². The topological polar surface area (TPSA) is 119 Å². The minimum Gasteiger partial charge on any atom is -0.376 e. The van der Waals surface area contributed by atoms with Crippen LogP contribution in [0.25, 0.3) is 10.9 Å². The Balaban J connectivity index is 1.50. The van der Waals surface area contributed by atoms with Gasteiger partial charge in [0.15, 0.2) is 0 Å². The highest BCUT2D eigenvalue weighted by molar-refractivity contribution is 7.90. The molecule has 0 spiro atoms. The van der Waals surface area contributed by atoms with Crippen molar-refractivity contribution in [3.05, 3.63) is 100 Å². The fourth-order valence-corrected chi connectivity index (χ4v) is 6.06. The molecule has 1 atom stereocenters. The van der Waals surface area contributed by atoms with Gasteiger partial charge in [0, 0.05) is 29.5 Å². The molecule has 0 radical (unpaired) electrons. The van der Waals surface area contributed by atoms with Crippen LogP contribution in [0.15, 0.2) is 73.1 Å². The van der Waals surface area contributed by atoms with Crippen LogP contribution in [0.3, 0.4) is 0 Å². The van der Waals surface area contributed by atoms with Gasteiger partial charge in [-0.2, -0.15) is 22.7 Å². The predicted molar refractivity (Wildman–Crippen MR) is 147 cm³/mol. The SMILES string of the molecule is N#Cc1ccc(C(O)(c2ccc(Cl)cc2)c2ccc3ncnc(NC4CCN(S(=O)(=O)C(F)(F)F)CC4)c3c2)cc1. The summed E-state index contributed by atoms with van der Waals surface area (Å²) in [7, 11) is -5.39. The van der Waals surface area contributed by atoms with E-state index >= 15 is 0 Å². The molecule has 212 valence electrons. The summed E-state index contributed by atoms with van der Waals surface area (Å²) in [5.41, 5.74) is -4.51. The van der Waals surface area contributed by atoms with Crippen molar-refractivity contribution < 1.29 is 26.7 Å². The zero-order valence-electron chi connectivity index (χ0n) is 21.3. The van der Waals surface area contributed by atoms with Gasteiger partial charge in [-0.15, -0.1) is 0 Å². The van der Waals surface area contributed by atoms with Crippen molar-refractivity contribution in [2.75, 3.05) is 18.4 Å². The molecule has 0 amide bonds. The van der Waals surface area contributed by atoms with Gasteiger partial charge in [0.25, 0.3) is 0 Å². The molecule has 1 unspecified atom stereocenters. The highest BCUT2D eigenvalue weighted by Crippen LogP contribution is 2.39. The Morgan fingerprint density at radius 3 is 2.12 bits per heavy atom. The standard InChI is InChI=1S/C28H23ClF3N5O3S/c29-22-8-5-20(6-9-22)27(38,19-3-1-18(16-33)2-4-19)21-7-10-25-24(15-21)26(35-17-34-25)36-23-11-13-37(14-12-23)41(39,40)28(30,31)32/h1-10,15,17,23,38H,11-14H2,(H,34,35,36). The van der Waals surface area contributed by atoms with Crippen LogP contribution in [0.2, 0.25) is 5.02 Å². The molecule has 1 aromatic heterocycles. The number of anilines is 1. The summed E-state index contributed by atoms with van der Waals surface area (Å²) >= 11 is 6.11. The van der Waals surface area contributed by atoms with Crippen molar-refractivity contribution in [3.8, 4) is 6.07 Å². The van der Waals surface area contributed by atoms with Crippen LogP contribution in [0.4, 0.5) is 19.0 Å². The minimum absolute atomic E-state index is 0.139. The Hall–Kier alpha value is -3.76. The lowest BCUT2D eigenvalue weighted by Gasteiger charge is -2.32. The molecular formula is C28H23ClF3N5O3S. The average molecular weight is 602 g/mol. The number of piperidine rings is 1. The molecule has 8 nitrogen and oxygen atoms in total. The van der Waals surface area contributed by atoms with Crippen molar-refractivity contribution >= 4 is 38.3 Å². The number of nitrogens with one attached hydrogen (secondary N) is 1. The third kappa shape index (κ3) is 5.46. The fourth-order valence-electron chi connectivity index (χ4n) is 4.95. The zero-order valence-corrected chi connectivity index (χ0v) is 22.9. The van der Waals surface area contributed by atoms with Crippen LogP contribution in [0, 0.1) is 11.3 Å². The van der Waals surface area contributed by atoms with Crippen molar-refractivity contribution in [3.63, 3.8) is 0 Å². The van der Waals surface area contributed by atoms with Gasteiger partial charge in [0.05, 0.1) is 17.1 Å². The number of hydrogen-bond acceptors (Lipinski definition) is 7. The highest BCUT2D eigenvalue weighted by Gasteiger charge is 2.50. The summed E-state index contributed by atoms with van der Waals surface area (Å²) in [4.78, 5) is 8.65. The fraction of sp³-hybridized carbons (Fsp3) is 0.250. The number of halogens is 4. The van der Waals surface area contributed by atoms with Crippen LogP contribution in [-0.2, 0) is 15.6 Å². The Labute approximate surface area is 239 Å². The second-order valence-electron chi connectivity index (χ2n) is 9.63. The molecular weight excluding hydrogens is 579 g/mol. The number of hydrogen-bond donors (Lipinski definition) is 2. The number of rotatable bonds is 6. The molecule has 41 heavy (non-hydrogen) atoms. The second-order valence-corrected chi connectivity index (χ2v) is 12.0. The van der Waals surface area contributed by atoms with Crippen LogP contribution in [0.1, 0.15) is 35.1 Å². The first-order valence-corrected chi connectivity index (χ1v) is 14.3. The average Bonchev–Trinajstić information content (AvgIpc) is 2.97. The molecule has 13 heteroatoms. The summed E-state index contributed by atoms with van der Waals surface area (Å²) in [6.45, 7) is -0.578. The van der Waals surface area contributed by atoms with E-state index in [1.165, 1.54) is 6.33 Å². The normalized spacial score (nSPS) is 16.7. The largest absolute Gasteiger partial charge is 0.511 e. The van der Waals surface area contributed by atoms with Crippen LogP contribution in [-0.4, -0.2) is 52.4 Å². The van der Waals surface area contributed by atoms with Crippen molar-refractivity contribution in [2.24, 2.45) is 0 Å². The molecule has 1 aliphatic heterocycles. The Bertz CT molecular complexity index is 1720. The van der Waals surface area contributed by atoms with Gasteiger partial charge in [0.2, 0.25) is 0 Å². The number of benzene rings is 3. The van der Waals surface area contributed by atoms with Gasteiger partial charge in [-0.3, -0.25) is 0 Å². The van der Waals surface area contributed by atoms with Crippen LogP contribution < -0.4 is 5.32 Å². The summed E-state index contributed by atoms with van der Waals surface area (Å²) < 4.78 is 62.9. The van der Waals surface area contributed by atoms with Gasteiger partial charge >= 0.3 is 15.5 Å². The molecule has 5 rings (SSSR count). The molecule has 2 N–H and O–H groups in total. The van der Waals surface area contributed by atoms with E-state index in [0.29, 0.717) is 48.3 Å². The van der Waals surface area contributed by atoms with E-state index in [-0.39, 0.29) is 32.0 Å². The molecule has 2 heterocycles. The number of aliphatic hydroxyl groups is 1. The molecule has 0 aliphatic carbocycles. The smallest absolute Gasteiger partial charge is 0.376 e. The Morgan fingerprint density at radius 2 is 1.54 bits per heavy atom. The number of nitriles is 1. The molecule has 3 aromatic carbocycles. The third-order valence-electron chi connectivity index (χ3n) is 7.17. The van der Waals surface area contributed by atoms with Crippen LogP contribution in [0.5, 0.6) is 0 Å². The second kappa shape index (κ2) is 10.9. The van der Waals surface area contributed by atoms with Gasteiger partial charge in [-0.1, -0.05) is 41.9 Å². The Kier molecular flexibility index (Phi) is 7.65. The van der Waals surface area contributed by atoms with Crippen molar-refractivity contribution in [2.45, 2.75) is 30.0 Å². The lowest BCUT2D eigenvalue weighted by atomic mass is 9.80. The molecule has 1 aliphatic rings. The number of nitrogens with zero attached hydrogens (tertiary/aromatic N) is 4. The Morgan fingerprint density at radius 1 is 0.951 bits per heavy atom. The first-order valence-electron chi connectivity index (χ1n) is 12.5. The molecule has 0 saturated carbocycles. The summed E-state index contributed by atoms with van der Waals surface area (Å²) in [6, 6.07) is 20.2. The first-order chi connectivity index (χ1) is 19.4. The van der Waals surface area contributed by atoms with E-state index in [2.05, 4.69) is 21.4 Å². The third-order valence-corrected chi connectivity index (χ3v) is 9.06. The maximum atomic E-state index is 13.0. The predicted octanol–water partition coefficient (Wildman–Crippen LogP) is 5.16. The highest BCUT2D eigenvalue weighted by atomic mass is 35.5. The molecule has 0 bridgehead atoms. The molecule has 1 saturated heterocycles.